The fourth-order valence-electron chi connectivity index (χ4n) is 2.27. The first-order chi connectivity index (χ1) is 10.0. The van der Waals surface area contributed by atoms with Gasteiger partial charge in [0.05, 0.1) is 18.7 Å². The molecule has 0 aliphatic heterocycles. The number of carboxylic acid groups (broad SMARTS) is 1. The van der Waals surface area contributed by atoms with Crippen molar-refractivity contribution >= 4 is 23.4 Å². The number of hydrogen-bond donors (Lipinski definition) is 1. The molecular formula is C15H14N2O3S. The van der Waals surface area contributed by atoms with Crippen LogP contribution in [0.3, 0.4) is 0 Å². The molecule has 0 aliphatic carbocycles. The van der Waals surface area contributed by atoms with Crippen LogP contribution in [0.25, 0.3) is 16.0 Å². The van der Waals surface area contributed by atoms with E-state index in [2.05, 4.69) is 4.85 Å². The summed E-state index contributed by atoms with van der Waals surface area (Å²) < 4.78 is 6.66. The Morgan fingerprint density at radius 1 is 1.38 bits per heavy atom. The standard InChI is InChI=1S/C15H14N2O3S/c1-16-12-11(9-5-7-10(20-3)8-6-9)13(15(18)19)17(2)14(12)21-4/h5-8H,2-4H3,(H,18,19). The first-order valence-electron chi connectivity index (χ1n) is 6.07. The maximum Gasteiger partial charge on any atom is 0.351 e. The third-order valence-electron chi connectivity index (χ3n) is 3.20. The summed E-state index contributed by atoms with van der Waals surface area (Å²) in [7, 11) is 3.23. The Morgan fingerprint density at radius 2 is 2.00 bits per heavy atom. The van der Waals surface area contributed by atoms with Gasteiger partial charge < -0.3 is 14.4 Å². The molecule has 108 valence electrons. The first-order valence-corrected chi connectivity index (χ1v) is 7.29. The van der Waals surface area contributed by atoms with E-state index in [9.17, 15) is 9.90 Å². The molecule has 1 aromatic carbocycles. The van der Waals surface area contributed by atoms with Crippen LogP contribution in [0.15, 0.2) is 29.3 Å². The molecule has 6 heteroatoms. The molecule has 0 bridgehead atoms. The number of rotatable bonds is 4. The van der Waals surface area contributed by atoms with Crippen molar-refractivity contribution in [1.29, 1.82) is 0 Å². The second-order valence-electron chi connectivity index (χ2n) is 4.29. The van der Waals surface area contributed by atoms with Crippen LogP contribution in [0.1, 0.15) is 10.5 Å². The molecule has 21 heavy (non-hydrogen) atoms. The van der Waals surface area contributed by atoms with Gasteiger partial charge in [0, 0.05) is 12.6 Å². The number of thioether (sulfide) groups is 1. The van der Waals surface area contributed by atoms with Gasteiger partial charge in [0.1, 0.15) is 11.4 Å². The van der Waals surface area contributed by atoms with Gasteiger partial charge in [-0.05, 0) is 24.0 Å². The lowest BCUT2D eigenvalue weighted by atomic mass is 10.0. The summed E-state index contributed by atoms with van der Waals surface area (Å²) in [6, 6.07) is 7.03. The van der Waals surface area contributed by atoms with Gasteiger partial charge >= 0.3 is 5.97 Å². The average molecular weight is 302 g/mol. The number of hydrogen-bond acceptors (Lipinski definition) is 3. The first kappa shape index (κ1) is 15.0. The van der Waals surface area contributed by atoms with E-state index in [0.717, 1.165) is 0 Å². The highest BCUT2D eigenvalue weighted by Crippen LogP contribution is 2.43. The van der Waals surface area contributed by atoms with Crippen LogP contribution in [-0.2, 0) is 7.05 Å². The second kappa shape index (κ2) is 5.94. The SMILES string of the molecule is [C-]#[N+]c1c(-c2ccc(OC)cc2)c(C(=O)O)n(C)c1SC. The highest BCUT2D eigenvalue weighted by Gasteiger charge is 2.26. The Morgan fingerprint density at radius 3 is 2.43 bits per heavy atom. The predicted octanol–water partition coefficient (Wildman–Crippen LogP) is 3.67. The molecule has 2 rings (SSSR count). The smallest absolute Gasteiger partial charge is 0.351 e. The summed E-state index contributed by atoms with van der Waals surface area (Å²) >= 11 is 1.36. The van der Waals surface area contributed by atoms with Gasteiger partial charge in [0.15, 0.2) is 0 Å². The number of aromatic carboxylic acids is 1. The minimum Gasteiger partial charge on any atom is -0.497 e. The largest absolute Gasteiger partial charge is 0.497 e. The molecular weight excluding hydrogens is 288 g/mol. The number of carboxylic acids is 1. The number of benzene rings is 1. The minimum atomic E-state index is -1.05. The van der Waals surface area contributed by atoms with Gasteiger partial charge in [-0.25, -0.2) is 9.64 Å². The van der Waals surface area contributed by atoms with E-state index < -0.39 is 5.97 Å². The third kappa shape index (κ3) is 2.48. The summed E-state index contributed by atoms with van der Waals surface area (Å²) in [6.45, 7) is 7.39. The Bertz CT molecular complexity index is 727. The Labute approximate surface area is 127 Å². The van der Waals surface area contributed by atoms with Crippen molar-refractivity contribution in [2.75, 3.05) is 13.4 Å². The Kier molecular flexibility index (Phi) is 4.24. The van der Waals surface area contributed by atoms with Crippen LogP contribution >= 0.6 is 11.8 Å². The molecule has 0 aliphatic rings. The van der Waals surface area contributed by atoms with E-state index in [0.29, 0.717) is 27.6 Å². The molecule has 0 spiro atoms. The molecule has 0 atom stereocenters. The molecule has 0 saturated heterocycles. The Balaban J connectivity index is 2.76. The van der Waals surface area contributed by atoms with Gasteiger partial charge in [-0.3, -0.25) is 0 Å². The monoisotopic (exact) mass is 302 g/mol. The van der Waals surface area contributed by atoms with Crippen LogP contribution in [0.2, 0.25) is 0 Å². The molecule has 0 amide bonds. The van der Waals surface area contributed by atoms with Crippen molar-refractivity contribution in [2.45, 2.75) is 5.03 Å². The number of aromatic nitrogens is 1. The number of methoxy groups -OCH3 is 1. The van der Waals surface area contributed by atoms with E-state index in [4.69, 9.17) is 11.3 Å². The molecule has 1 aromatic heterocycles. The molecule has 0 radical (unpaired) electrons. The predicted molar refractivity (Wildman–Crippen MR) is 82.4 cm³/mol. The van der Waals surface area contributed by atoms with Crippen LogP contribution in [0.5, 0.6) is 5.75 Å². The number of ether oxygens (including phenoxy) is 1. The average Bonchev–Trinajstić information content (AvgIpc) is 2.79. The lowest BCUT2D eigenvalue weighted by Gasteiger charge is -2.06. The van der Waals surface area contributed by atoms with Crippen molar-refractivity contribution in [2.24, 2.45) is 7.05 Å². The fourth-order valence-corrected chi connectivity index (χ4v) is 2.97. The number of carbonyl (C=O) groups is 1. The molecule has 1 N–H and O–H groups in total. The molecule has 0 fully saturated rings. The zero-order chi connectivity index (χ0) is 15.6. The highest BCUT2D eigenvalue weighted by molar-refractivity contribution is 7.98. The van der Waals surface area contributed by atoms with E-state index in [1.54, 1.807) is 43.0 Å². The summed E-state index contributed by atoms with van der Waals surface area (Å²) in [5, 5.41) is 10.1. The lowest BCUT2D eigenvalue weighted by Crippen LogP contribution is -2.06. The van der Waals surface area contributed by atoms with Crippen LogP contribution in [-0.4, -0.2) is 29.0 Å². The van der Waals surface area contributed by atoms with Gasteiger partial charge in [0.25, 0.3) is 0 Å². The molecule has 2 aromatic rings. The van der Waals surface area contributed by atoms with Crippen molar-refractivity contribution < 1.29 is 14.6 Å². The zero-order valence-electron chi connectivity index (χ0n) is 11.9. The van der Waals surface area contributed by atoms with Gasteiger partial charge in [-0.15, -0.1) is 11.8 Å². The van der Waals surface area contributed by atoms with Crippen LogP contribution in [0, 0.1) is 6.57 Å². The summed E-state index contributed by atoms with van der Waals surface area (Å²) in [6.07, 6.45) is 1.83. The maximum atomic E-state index is 11.6. The zero-order valence-corrected chi connectivity index (χ0v) is 12.7. The second-order valence-corrected chi connectivity index (χ2v) is 5.08. The topological polar surface area (TPSA) is 55.8 Å². The van der Waals surface area contributed by atoms with Crippen LogP contribution in [0.4, 0.5) is 5.69 Å². The van der Waals surface area contributed by atoms with Crippen molar-refractivity contribution in [1.82, 2.24) is 4.57 Å². The fraction of sp³-hybridized carbons (Fsp3) is 0.200. The summed E-state index contributed by atoms with van der Waals surface area (Å²) in [5.41, 5.74) is 1.63. The van der Waals surface area contributed by atoms with E-state index in [1.807, 2.05) is 6.26 Å². The van der Waals surface area contributed by atoms with Gasteiger partial charge in [-0.1, -0.05) is 12.1 Å². The Hall–Kier alpha value is -2.39. The third-order valence-corrected chi connectivity index (χ3v) is 4.06. The highest BCUT2D eigenvalue weighted by atomic mass is 32.2. The minimum absolute atomic E-state index is 0.121. The quantitative estimate of drug-likeness (QED) is 0.691. The molecule has 1 heterocycles. The van der Waals surface area contributed by atoms with Crippen molar-refractivity contribution in [3.63, 3.8) is 0 Å². The summed E-state index contributed by atoms with van der Waals surface area (Å²) in [5.74, 6) is -0.366. The molecule has 5 nitrogen and oxygen atoms in total. The van der Waals surface area contributed by atoms with E-state index in [1.165, 1.54) is 11.8 Å². The maximum absolute atomic E-state index is 11.6. The summed E-state index contributed by atoms with van der Waals surface area (Å²) in [4.78, 5) is 15.1. The molecule has 0 unspecified atom stereocenters. The van der Waals surface area contributed by atoms with Gasteiger partial charge in [-0.2, -0.15) is 0 Å². The van der Waals surface area contributed by atoms with Gasteiger partial charge in [0.2, 0.25) is 5.69 Å². The lowest BCUT2D eigenvalue weighted by molar-refractivity contribution is 0.0686. The molecule has 0 saturated carbocycles. The normalized spacial score (nSPS) is 10.2. The van der Waals surface area contributed by atoms with Crippen molar-refractivity contribution in [3.8, 4) is 16.9 Å². The van der Waals surface area contributed by atoms with Crippen molar-refractivity contribution in [3.05, 3.63) is 41.4 Å². The van der Waals surface area contributed by atoms with E-state index >= 15 is 0 Å². The van der Waals surface area contributed by atoms with Crippen LogP contribution < -0.4 is 4.74 Å². The number of nitrogens with zero attached hydrogens (tertiary/aromatic N) is 2. The van der Waals surface area contributed by atoms with E-state index in [-0.39, 0.29) is 5.69 Å².